The maximum atomic E-state index is 13.1. The molecule has 0 spiro atoms. The van der Waals surface area contributed by atoms with Crippen molar-refractivity contribution in [3.8, 4) is 0 Å². The quantitative estimate of drug-likeness (QED) is 0.508. The van der Waals surface area contributed by atoms with Crippen LogP contribution in [0.25, 0.3) is 22.4 Å². The minimum absolute atomic E-state index is 0.0841. The summed E-state index contributed by atoms with van der Waals surface area (Å²) >= 11 is 0. The first-order valence-electron chi connectivity index (χ1n) is 9.71. The molecule has 3 aromatic carbocycles. The normalized spacial score (nSPS) is 14.7. The van der Waals surface area contributed by atoms with Crippen LogP contribution in [0.5, 0.6) is 0 Å². The van der Waals surface area contributed by atoms with E-state index >= 15 is 0 Å². The molecule has 1 aliphatic rings. The van der Waals surface area contributed by atoms with Crippen LogP contribution in [-0.4, -0.2) is 20.9 Å². The summed E-state index contributed by atoms with van der Waals surface area (Å²) in [5.74, 6) is 0.0841. The fourth-order valence-electron chi connectivity index (χ4n) is 3.84. The van der Waals surface area contributed by atoms with Gasteiger partial charge in [0.15, 0.2) is 0 Å². The van der Waals surface area contributed by atoms with Gasteiger partial charge < -0.3 is 0 Å². The highest BCUT2D eigenvalue weighted by molar-refractivity contribution is 6.13. The first kappa shape index (κ1) is 17.4. The number of anilines is 1. The Bertz CT molecular complexity index is 1220. The van der Waals surface area contributed by atoms with Crippen molar-refractivity contribution in [3.05, 3.63) is 90.0 Å². The predicted octanol–water partition coefficient (Wildman–Crippen LogP) is 4.89. The molecule has 0 saturated heterocycles. The number of hydrogen-bond acceptors (Lipinski definition) is 3. The SMILES string of the molecule is Cc1ccc(N2C(=O)CCC(n3nnc4ccccc43)=C2c2ccccc2)cc1. The molecule has 1 amide bonds. The number of para-hydroxylation sites is 1. The van der Waals surface area contributed by atoms with E-state index in [9.17, 15) is 4.79 Å². The van der Waals surface area contributed by atoms with Gasteiger partial charge in [-0.2, -0.15) is 0 Å². The molecule has 0 radical (unpaired) electrons. The van der Waals surface area contributed by atoms with E-state index < -0.39 is 0 Å². The van der Waals surface area contributed by atoms with Crippen molar-refractivity contribution in [2.75, 3.05) is 4.90 Å². The maximum Gasteiger partial charge on any atom is 0.232 e. The van der Waals surface area contributed by atoms with Gasteiger partial charge in [-0.15, -0.1) is 5.10 Å². The summed E-state index contributed by atoms with van der Waals surface area (Å²) in [6.07, 6.45) is 1.03. The molecule has 0 bridgehead atoms. The second-order valence-corrected chi connectivity index (χ2v) is 7.22. The topological polar surface area (TPSA) is 51.0 Å². The molecule has 0 fully saturated rings. The van der Waals surface area contributed by atoms with E-state index in [1.165, 1.54) is 0 Å². The monoisotopic (exact) mass is 380 g/mol. The van der Waals surface area contributed by atoms with Crippen molar-refractivity contribution >= 4 is 34.0 Å². The molecule has 2 heterocycles. The van der Waals surface area contributed by atoms with E-state index in [-0.39, 0.29) is 5.91 Å². The highest BCUT2D eigenvalue weighted by atomic mass is 16.2. The number of rotatable bonds is 3. The van der Waals surface area contributed by atoms with E-state index in [1.807, 2.05) is 95.4 Å². The summed E-state index contributed by atoms with van der Waals surface area (Å²) < 4.78 is 1.88. The van der Waals surface area contributed by atoms with Gasteiger partial charge in [0.2, 0.25) is 5.91 Å². The molecule has 29 heavy (non-hydrogen) atoms. The molecule has 0 unspecified atom stereocenters. The lowest BCUT2D eigenvalue weighted by atomic mass is 10.00. The van der Waals surface area contributed by atoms with Crippen molar-refractivity contribution in [1.82, 2.24) is 15.0 Å². The Morgan fingerprint density at radius 3 is 2.34 bits per heavy atom. The van der Waals surface area contributed by atoms with E-state index in [4.69, 9.17) is 0 Å². The van der Waals surface area contributed by atoms with Gasteiger partial charge in [-0.1, -0.05) is 65.4 Å². The minimum Gasteiger partial charge on any atom is -0.279 e. The summed E-state index contributed by atoms with van der Waals surface area (Å²) in [5.41, 5.74) is 6.62. The number of nitrogens with zero attached hydrogens (tertiary/aromatic N) is 4. The molecule has 5 nitrogen and oxygen atoms in total. The molecular formula is C24H20N4O. The van der Waals surface area contributed by atoms with Crippen molar-refractivity contribution < 1.29 is 4.79 Å². The number of aromatic nitrogens is 3. The van der Waals surface area contributed by atoms with Crippen LogP contribution >= 0.6 is 0 Å². The first-order valence-corrected chi connectivity index (χ1v) is 9.71. The van der Waals surface area contributed by atoms with Crippen LogP contribution < -0.4 is 4.90 Å². The third kappa shape index (κ3) is 3.01. The van der Waals surface area contributed by atoms with E-state index in [2.05, 4.69) is 10.3 Å². The van der Waals surface area contributed by atoms with Gasteiger partial charge in [-0.05, 0) is 31.2 Å². The second-order valence-electron chi connectivity index (χ2n) is 7.22. The lowest BCUT2D eigenvalue weighted by molar-refractivity contribution is -0.117. The molecule has 5 heteroatoms. The summed E-state index contributed by atoms with van der Waals surface area (Å²) in [5, 5.41) is 8.76. The number of allylic oxidation sites excluding steroid dienone is 1. The van der Waals surface area contributed by atoms with Gasteiger partial charge in [0.1, 0.15) is 5.52 Å². The maximum absolute atomic E-state index is 13.1. The van der Waals surface area contributed by atoms with Crippen LogP contribution in [0.15, 0.2) is 78.9 Å². The Morgan fingerprint density at radius 2 is 1.55 bits per heavy atom. The van der Waals surface area contributed by atoms with Gasteiger partial charge in [-0.25, -0.2) is 4.68 Å². The summed E-state index contributed by atoms with van der Waals surface area (Å²) in [6, 6.07) is 26.0. The zero-order valence-electron chi connectivity index (χ0n) is 16.1. The van der Waals surface area contributed by atoms with Gasteiger partial charge in [0.25, 0.3) is 0 Å². The molecule has 1 aliphatic heterocycles. The zero-order chi connectivity index (χ0) is 19.8. The molecule has 1 aromatic heterocycles. The molecule has 4 aromatic rings. The second kappa shape index (κ2) is 7.02. The fourth-order valence-corrected chi connectivity index (χ4v) is 3.84. The Hall–Kier alpha value is -3.73. The predicted molar refractivity (Wildman–Crippen MR) is 115 cm³/mol. The third-order valence-electron chi connectivity index (χ3n) is 5.27. The number of hydrogen-bond donors (Lipinski definition) is 0. The average molecular weight is 380 g/mol. The van der Waals surface area contributed by atoms with Crippen LogP contribution in [0.2, 0.25) is 0 Å². The standard InChI is InChI=1S/C24H20N4O/c1-17-11-13-19(14-12-17)27-23(29)16-15-22(24(27)18-7-3-2-4-8-18)28-21-10-6-5-9-20(21)25-26-28/h2-14H,15-16H2,1H3. The van der Waals surface area contributed by atoms with Gasteiger partial charge in [-0.3, -0.25) is 9.69 Å². The molecule has 0 aliphatic carbocycles. The van der Waals surface area contributed by atoms with E-state index in [0.717, 1.165) is 39.2 Å². The van der Waals surface area contributed by atoms with Crippen molar-refractivity contribution in [3.63, 3.8) is 0 Å². The van der Waals surface area contributed by atoms with Crippen LogP contribution in [0.3, 0.4) is 0 Å². The first-order chi connectivity index (χ1) is 14.2. The zero-order valence-corrected chi connectivity index (χ0v) is 16.1. The minimum atomic E-state index is 0.0841. The lowest BCUT2D eigenvalue weighted by Gasteiger charge is -2.32. The van der Waals surface area contributed by atoms with Crippen molar-refractivity contribution in [2.45, 2.75) is 19.8 Å². The molecule has 5 rings (SSSR count). The number of fused-ring (bicyclic) bond motifs is 1. The van der Waals surface area contributed by atoms with Crippen molar-refractivity contribution in [1.29, 1.82) is 0 Å². The molecule has 0 atom stereocenters. The number of carbonyl (C=O) groups is 1. The molecular weight excluding hydrogens is 360 g/mol. The van der Waals surface area contributed by atoms with Crippen LogP contribution in [0.4, 0.5) is 5.69 Å². The highest BCUT2D eigenvalue weighted by Crippen LogP contribution is 2.38. The van der Waals surface area contributed by atoms with Gasteiger partial charge in [0, 0.05) is 24.1 Å². The fraction of sp³-hybridized carbons (Fsp3) is 0.125. The Labute approximate surface area is 168 Å². The molecule has 0 saturated carbocycles. The van der Waals surface area contributed by atoms with Gasteiger partial charge in [0.05, 0.1) is 16.9 Å². The number of amides is 1. The highest BCUT2D eigenvalue weighted by Gasteiger charge is 2.31. The summed E-state index contributed by atoms with van der Waals surface area (Å²) in [6.45, 7) is 2.04. The molecule has 0 N–H and O–H groups in total. The largest absolute Gasteiger partial charge is 0.279 e. The number of aryl methyl sites for hydroxylation is 1. The summed E-state index contributed by atoms with van der Waals surface area (Å²) in [7, 11) is 0. The Balaban J connectivity index is 1.79. The van der Waals surface area contributed by atoms with E-state index in [1.54, 1.807) is 0 Å². The Kier molecular flexibility index (Phi) is 4.21. The number of benzene rings is 3. The van der Waals surface area contributed by atoms with Crippen LogP contribution in [0, 0.1) is 6.92 Å². The third-order valence-corrected chi connectivity index (χ3v) is 5.27. The molecule has 142 valence electrons. The lowest BCUT2D eigenvalue weighted by Crippen LogP contribution is -2.34. The smallest absolute Gasteiger partial charge is 0.232 e. The number of carbonyl (C=O) groups excluding carboxylic acids is 1. The van der Waals surface area contributed by atoms with Crippen LogP contribution in [0.1, 0.15) is 24.0 Å². The van der Waals surface area contributed by atoms with Crippen molar-refractivity contribution in [2.24, 2.45) is 0 Å². The van der Waals surface area contributed by atoms with Gasteiger partial charge >= 0.3 is 0 Å². The average Bonchev–Trinajstić information content (AvgIpc) is 3.19. The van der Waals surface area contributed by atoms with E-state index in [0.29, 0.717) is 12.8 Å². The Morgan fingerprint density at radius 1 is 0.828 bits per heavy atom. The summed E-state index contributed by atoms with van der Waals surface area (Å²) in [4.78, 5) is 14.9. The van der Waals surface area contributed by atoms with Crippen LogP contribution in [-0.2, 0) is 4.79 Å².